The SMILES string of the molecule is CCc1ccc2cccc3c2c1Cc1c(ccc(O)c1OC)C[C@@H](Cc1cc[nH]c1)[C@H](O)[C@@H]1C(=O)[C@@](c2cc(O)cc([C@@]4(NC)CCC[C@@H](C5(c6ccccc6)CCCCC5)C4)c2)([C@H]2CSSC[C@H]4CCCC[C@@H]4Oc4cc2ccc4O)[C@@H](O)C[C@H]1CSS[C@H]3CO. The molecule has 6 aliphatic rings. The number of aliphatic hydroxyl groups excluding tert-OH is 3. The molecule has 2 bridgehead atoms. The number of aryl methyl sites for hydroxylation is 1. The summed E-state index contributed by atoms with van der Waals surface area (Å²) in [6, 6.07) is 38.7. The quantitative estimate of drug-likeness (QED) is 0.0572. The van der Waals surface area contributed by atoms with Crippen molar-refractivity contribution in [3.63, 3.8) is 0 Å². The Morgan fingerprint density at radius 2 is 1.54 bits per heavy atom. The highest BCUT2D eigenvalue weighted by Gasteiger charge is 2.62. The molecule has 2 aliphatic heterocycles. The molecule has 1 aromatic heterocycles. The molecular formula is C77H92N2O9S4. The first-order chi connectivity index (χ1) is 44.8. The van der Waals surface area contributed by atoms with E-state index in [-0.39, 0.29) is 58.7 Å². The molecular weight excluding hydrogens is 1230 g/mol. The molecule has 0 saturated heterocycles. The topological polar surface area (TPSA) is 185 Å². The summed E-state index contributed by atoms with van der Waals surface area (Å²) in [6.45, 7) is 1.99. The van der Waals surface area contributed by atoms with Gasteiger partial charge >= 0.3 is 0 Å². The first kappa shape index (κ1) is 65.4. The van der Waals surface area contributed by atoms with Crippen molar-refractivity contribution in [3.05, 3.63) is 183 Å². The lowest BCUT2D eigenvalue weighted by molar-refractivity contribution is -0.150. The van der Waals surface area contributed by atoms with E-state index < -0.39 is 46.8 Å². The molecule has 6 aromatic carbocycles. The number of aromatic hydroxyl groups is 3. The number of phenols is 3. The first-order valence-corrected chi connectivity index (χ1v) is 38.9. The Balaban J connectivity index is 1.01. The lowest BCUT2D eigenvalue weighted by atomic mass is 9.52. The number of ether oxygens (including phenoxy) is 2. The normalized spacial score (nSPS) is 29.7. The molecule has 0 spiro atoms. The molecule has 4 fully saturated rings. The third-order valence-electron chi connectivity index (χ3n) is 23.0. The van der Waals surface area contributed by atoms with Crippen molar-refractivity contribution < 1.29 is 44.9 Å². The summed E-state index contributed by atoms with van der Waals surface area (Å²) >= 11 is 0. The molecule has 92 heavy (non-hydrogen) atoms. The molecule has 3 heterocycles. The number of hydrogen-bond donors (Lipinski definition) is 8. The minimum atomic E-state index is -1.77. The van der Waals surface area contributed by atoms with Gasteiger partial charge in [-0.2, -0.15) is 0 Å². The molecule has 0 amide bonds. The van der Waals surface area contributed by atoms with Gasteiger partial charge in [0.25, 0.3) is 0 Å². The van der Waals surface area contributed by atoms with Crippen LogP contribution in [0.5, 0.6) is 28.7 Å². The van der Waals surface area contributed by atoms with Gasteiger partial charge in [0.2, 0.25) is 0 Å². The van der Waals surface area contributed by atoms with Crippen molar-refractivity contribution in [3.8, 4) is 28.7 Å². The summed E-state index contributed by atoms with van der Waals surface area (Å²) in [6.07, 6.45) is 16.6. The van der Waals surface area contributed by atoms with Crippen LogP contribution in [0.2, 0.25) is 0 Å². The van der Waals surface area contributed by atoms with Gasteiger partial charge in [0.15, 0.2) is 28.8 Å². The van der Waals surface area contributed by atoms with E-state index in [0.717, 1.165) is 132 Å². The highest BCUT2D eigenvalue weighted by Crippen LogP contribution is 2.59. The molecule has 4 aliphatic carbocycles. The Bertz CT molecular complexity index is 3710. The molecule has 0 radical (unpaired) electrons. The van der Waals surface area contributed by atoms with E-state index >= 15 is 4.79 Å². The van der Waals surface area contributed by atoms with Crippen LogP contribution >= 0.6 is 43.2 Å². The molecule has 8 N–H and O–H groups in total. The van der Waals surface area contributed by atoms with Gasteiger partial charge in [0.1, 0.15) is 11.9 Å². The third kappa shape index (κ3) is 12.3. The van der Waals surface area contributed by atoms with Crippen LogP contribution in [0.25, 0.3) is 10.8 Å². The average molecular weight is 1320 g/mol. The maximum atomic E-state index is 18.0. The van der Waals surface area contributed by atoms with E-state index in [1.807, 2.05) is 55.8 Å². The van der Waals surface area contributed by atoms with E-state index in [0.29, 0.717) is 53.7 Å². The van der Waals surface area contributed by atoms with E-state index in [9.17, 15) is 30.6 Å². The molecule has 12 atom stereocenters. The molecule has 7 aromatic rings. The fourth-order valence-electron chi connectivity index (χ4n) is 18.3. The minimum Gasteiger partial charge on any atom is -0.508 e. The van der Waals surface area contributed by atoms with Gasteiger partial charge in [-0.15, -0.1) is 0 Å². The van der Waals surface area contributed by atoms with Crippen molar-refractivity contribution in [2.45, 2.75) is 168 Å². The molecule has 4 saturated carbocycles. The second kappa shape index (κ2) is 28.2. The number of ketones is 1. The summed E-state index contributed by atoms with van der Waals surface area (Å²) in [5, 5.41) is 81.8. The number of hydrogen-bond acceptors (Lipinski definition) is 14. The Kier molecular flexibility index (Phi) is 20.1. The zero-order valence-electron chi connectivity index (χ0n) is 53.5. The summed E-state index contributed by atoms with van der Waals surface area (Å²) in [5.41, 5.74) is 6.96. The van der Waals surface area contributed by atoms with Gasteiger partial charge in [0, 0.05) is 64.9 Å². The van der Waals surface area contributed by atoms with E-state index in [4.69, 9.17) is 9.47 Å². The summed E-state index contributed by atoms with van der Waals surface area (Å²) in [5.74, 6) is -0.324. The number of aromatic nitrogens is 1. The molecule has 488 valence electrons. The van der Waals surface area contributed by atoms with Gasteiger partial charge in [-0.05, 0) is 205 Å². The molecule has 13 rings (SSSR count). The molecule has 11 nitrogen and oxygen atoms in total. The number of aliphatic hydroxyl groups is 3. The number of carbonyl (C=O) groups excluding carboxylic acids is 1. The van der Waals surface area contributed by atoms with E-state index in [1.165, 1.54) is 24.8 Å². The van der Waals surface area contributed by atoms with Crippen LogP contribution in [0.1, 0.15) is 164 Å². The molecule has 15 heteroatoms. The predicted octanol–water partition coefficient (Wildman–Crippen LogP) is 15.8. The van der Waals surface area contributed by atoms with Crippen LogP contribution in [0.4, 0.5) is 0 Å². The highest BCUT2D eigenvalue weighted by molar-refractivity contribution is 8.77. The van der Waals surface area contributed by atoms with Crippen molar-refractivity contribution >= 4 is 59.7 Å². The van der Waals surface area contributed by atoms with Crippen LogP contribution in [0.3, 0.4) is 0 Å². The van der Waals surface area contributed by atoms with E-state index in [1.54, 1.807) is 68.5 Å². The standard InChI is InChI=1S/C77H92N2O9S4/c1-4-48-22-23-49-16-13-20-60-68(43-80)92-91-45-54-36-69(84)77(63-46-90-89-44-52-15-9-10-21-66(52)88-67-35-51(63)25-26-64(67)82,58-37-57(38-59(81)39-58)76(78-2)31-14-19-56(41-76)75(29-11-6-12-30-75)55-17-7-5-8-18-55)74(86)71(54)72(85)53(33-47-28-32-79-42-47)34-50-24-27-65(83)73(87-3)62(50)40-61(48)70(49)60/h5,7-8,13,16-18,20,22-28,32,35,37-39,42,52-54,56,63,66,68-69,71-72,78-85H,4,6,9-12,14-15,19,21,29-31,33-34,36,40-41,43-46H2,1-3H3/t52-,53-,54+,56-,63+,66+,68+,69+,71-,72+,76-,77+/m1/s1. The van der Waals surface area contributed by atoms with Crippen LogP contribution < -0.4 is 14.8 Å². The Hall–Kier alpha value is -5.23. The predicted molar refractivity (Wildman–Crippen MR) is 377 cm³/mol. The summed E-state index contributed by atoms with van der Waals surface area (Å²) < 4.78 is 13.1. The first-order valence-electron chi connectivity index (χ1n) is 34.0. The van der Waals surface area contributed by atoms with Crippen molar-refractivity contribution in [2.24, 2.45) is 29.6 Å². The minimum absolute atomic E-state index is 0.00449. The summed E-state index contributed by atoms with van der Waals surface area (Å²) in [4.78, 5) is 21.2. The zero-order valence-corrected chi connectivity index (χ0v) is 56.8. The fourth-order valence-corrected chi connectivity index (χ4v) is 24.0. The number of methoxy groups -OCH3 is 1. The number of benzene rings is 6. The number of fused-ring (bicyclic) bond motifs is 5. The van der Waals surface area contributed by atoms with Gasteiger partial charge in [-0.3, -0.25) is 4.79 Å². The lowest BCUT2D eigenvalue weighted by Crippen LogP contribution is -2.62. The van der Waals surface area contributed by atoms with Crippen LogP contribution in [-0.4, -0.2) is 97.7 Å². The van der Waals surface area contributed by atoms with Crippen LogP contribution in [0.15, 0.2) is 128 Å². The number of nitrogens with one attached hydrogen (secondary N) is 2. The smallest absolute Gasteiger partial charge is 0.164 e. The van der Waals surface area contributed by atoms with Crippen molar-refractivity contribution in [1.82, 2.24) is 10.3 Å². The summed E-state index contributed by atoms with van der Waals surface area (Å²) in [7, 11) is 10.3. The van der Waals surface area contributed by atoms with E-state index in [2.05, 4.69) is 77.9 Å². The Morgan fingerprint density at radius 3 is 2.33 bits per heavy atom. The monoisotopic (exact) mass is 1320 g/mol. The number of H-pyrrole nitrogens is 1. The number of rotatable bonds is 11. The van der Waals surface area contributed by atoms with Gasteiger partial charge in [-0.1, -0.05) is 161 Å². The number of phenolic OH excluding ortho intramolecular Hbond substituents is 3. The van der Waals surface area contributed by atoms with Gasteiger partial charge in [-0.25, -0.2) is 0 Å². The maximum absolute atomic E-state index is 18.0. The molecule has 0 unspecified atom stereocenters. The van der Waals surface area contributed by atoms with Gasteiger partial charge < -0.3 is 50.4 Å². The Morgan fingerprint density at radius 1 is 0.750 bits per heavy atom. The van der Waals surface area contributed by atoms with Gasteiger partial charge in [0.05, 0.1) is 36.6 Å². The number of Topliss-reactive ketones (excluding diaryl/α,β-unsaturated/α-hetero) is 1. The highest BCUT2D eigenvalue weighted by atomic mass is 33.1. The average Bonchev–Trinajstić information content (AvgIpc) is 0.739. The lowest BCUT2D eigenvalue weighted by Gasteiger charge is -2.53. The zero-order chi connectivity index (χ0) is 63.7. The Labute approximate surface area is 559 Å². The van der Waals surface area contributed by atoms with Crippen LogP contribution in [0, 0.1) is 29.6 Å². The second-order valence-electron chi connectivity index (χ2n) is 27.7. The maximum Gasteiger partial charge on any atom is 0.164 e. The number of carbonyl (C=O) groups is 1. The van der Waals surface area contributed by atoms with Crippen LogP contribution in [-0.2, 0) is 46.8 Å². The number of aromatic amines is 1. The largest absolute Gasteiger partial charge is 0.508 e. The van der Waals surface area contributed by atoms with Crippen molar-refractivity contribution in [2.75, 3.05) is 38.0 Å². The third-order valence-corrected chi connectivity index (χ3v) is 28.4. The van der Waals surface area contributed by atoms with Crippen molar-refractivity contribution in [1.29, 1.82) is 0 Å². The second-order valence-corrected chi connectivity index (χ2v) is 32.8. The fraction of sp³-hybridized carbons (Fsp3) is 0.494.